The van der Waals surface area contributed by atoms with Crippen molar-refractivity contribution in [3.8, 4) is 11.5 Å². The Morgan fingerprint density at radius 2 is 1.84 bits per heavy atom. The summed E-state index contributed by atoms with van der Waals surface area (Å²) in [6, 6.07) is 15.6. The number of hydrogen-bond donors (Lipinski definition) is 3. The van der Waals surface area contributed by atoms with Crippen LogP contribution in [0.15, 0.2) is 53.5 Å². The van der Waals surface area contributed by atoms with Crippen LogP contribution in [0.4, 0.5) is 0 Å². The summed E-state index contributed by atoms with van der Waals surface area (Å²) < 4.78 is 11.3. The first kappa shape index (κ1) is 25.5. The Morgan fingerprint density at radius 1 is 1.09 bits per heavy atom. The van der Waals surface area contributed by atoms with Crippen molar-refractivity contribution in [2.24, 2.45) is 4.99 Å². The first-order chi connectivity index (χ1) is 15.3. The van der Waals surface area contributed by atoms with Crippen LogP contribution in [-0.2, 0) is 0 Å². The van der Waals surface area contributed by atoms with E-state index in [1.165, 1.54) is 0 Å². The third kappa shape index (κ3) is 7.73. The van der Waals surface area contributed by atoms with E-state index in [4.69, 9.17) is 14.5 Å². The average Bonchev–Trinajstić information content (AvgIpc) is 2.77. The maximum Gasteiger partial charge on any atom is 0.191 e. The number of nitrogens with one attached hydrogen (secondary N) is 2. The van der Waals surface area contributed by atoms with Crippen LogP contribution in [0, 0.1) is 0 Å². The fraction of sp³-hybridized carbons (Fsp3) is 0.480. The molecule has 32 heavy (non-hydrogen) atoms. The maximum atomic E-state index is 10.7. The predicted molar refractivity (Wildman–Crippen MR) is 131 cm³/mol. The summed E-state index contributed by atoms with van der Waals surface area (Å²) in [7, 11) is 5.74. The highest BCUT2D eigenvalue weighted by molar-refractivity contribution is 5.79. The van der Waals surface area contributed by atoms with Gasteiger partial charge in [0.1, 0.15) is 11.5 Å². The minimum atomic E-state index is -0.687. The van der Waals surface area contributed by atoms with Crippen molar-refractivity contribution in [3.05, 3.63) is 59.7 Å². The molecule has 0 radical (unpaired) electrons. The summed E-state index contributed by atoms with van der Waals surface area (Å²) in [6.07, 6.45) is -0.602. The quantitative estimate of drug-likeness (QED) is 0.366. The van der Waals surface area contributed by atoms with Crippen LogP contribution < -0.4 is 20.1 Å². The van der Waals surface area contributed by atoms with Crippen molar-refractivity contribution in [2.45, 2.75) is 39.0 Å². The van der Waals surface area contributed by atoms with Crippen molar-refractivity contribution in [2.75, 3.05) is 40.8 Å². The monoisotopic (exact) mass is 442 g/mol. The second kappa shape index (κ2) is 12.9. The number of ether oxygens (including phenoxy) is 2. The SMILES string of the molecule is CCNC(=NCC(c1ccccc1OC)N(C)C)NCC(O)c1cccc(OC(C)C)c1. The highest BCUT2D eigenvalue weighted by atomic mass is 16.5. The first-order valence-electron chi connectivity index (χ1n) is 11.1. The van der Waals surface area contributed by atoms with Gasteiger partial charge in [-0.25, -0.2) is 0 Å². The van der Waals surface area contributed by atoms with Crippen molar-refractivity contribution >= 4 is 5.96 Å². The van der Waals surface area contributed by atoms with Gasteiger partial charge < -0.3 is 30.1 Å². The van der Waals surface area contributed by atoms with Gasteiger partial charge >= 0.3 is 0 Å². The number of aliphatic imine (C=N–C) groups is 1. The molecule has 0 aliphatic heterocycles. The summed E-state index contributed by atoms with van der Waals surface area (Å²) in [5.74, 6) is 2.25. The van der Waals surface area contributed by atoms with Crippen molar-refractivity contribution in [1.29, 1.82) is 0 Å². The third-order valence-electron chi connectivity index (χ3n) is 4.97. The number of nitrogens with zero attached hydrogens (tertiary/aromatic N) is 2. The van der Waals surface area contributed by atoms with Gasteiger partial charge in [-0.1, -0.05) is 30.3 Å². The predicted octanol–water partition coefficient (Wildman–Crippen LogP) is 3.37. The second-order valence-corrected chi connectivity index (χ2v) is 8.08. The maximum absolute atomic E-state index is 10.7. The van der Waals surface area contributed by atoms with Crippen molar-refractivity contribution in [1.82, 2.24) is 15.5 Å². The van der Waals surface area contributed by atoms with E-state index in [-0.39, 0.29) is 12.1 Å². The lowest BCUT2D eigenvalue weighted by Gasteiger charge is -2.25. The molecule has 0 aliphatic rings. The fourth-order valence-corrected chi connectivity index (χ4v) is 3.38. The van der Waals surface area contributed by atoms with Crippen LogP contribution >= 0.6 is 0 Å². The number of aliphatic hydroxyl groups excluding tert-OH is 1. The molecule has 0 aliphatic carbocycles. The highest BCUT2D eigenvalue weighted by Gasteiger charge is 2.18. The minimum absolute atomic E-state index is 0.0522. The number of hydrogen-bond acceptors (Lipinski definition) is 5. The number of methoxy groups -OCH3 is 1. The van der Waals surface area contributed by atoms with Crippen LogP contribution in [0.5, 0.6) is 11.5 Å². The highest BCUT2D eigenvalue weighted by Crippen LogP contribution is 2.28. The Hall–Kier alpha value is -2.77. The Balaban J connectivity index is 2.08. The normalized spacial score (nSPS) is 13.7. The van der Waals surface area contributed by atoms with Crippen molar-refractivity contribution in [3.63, 3.8) is 0 Å². The van der Waals surface area contributed by atoms with E-state index in [1.54, 1.807) is 7.11 Å². The summed E-state index contributed by atoms with van der Waals surface area (Å²) in [5.41, 5.74) is 1.88. The van der Waals surface area contributed by atoms with Crippen LogP contribution in [0.25, 0.3) is 0 Å². The lowest BCUT2D eigenvalue weighted by molar-refractivity contribution is 0.179. The van der Waals surface area contributed by atoms with Gasteiger partial charge in [-0.2, -0.15) is 0 Å². The topological polar surface area (TPSA) is 78.4 Å². The van der Waals surface area contributed by atoms with E-state index in [0.717, 1.165) is 29.2 Å². The van der Waals surface area contributed by atoms with E-state index in [1.807, 2.05) is 77.3 Å². The Labute approximate surface area is 192 Å². The zero-order valence-corrected chi connectivity index (χ0v) is 20.1. The van der Waals surface area contributed by atoms with Gasteiger partial charge in [-0.3, -0.25) is 4.99 Å². The number of aliphatic hydroxyl groups is 1. The van der Waals surface area contributed by atoms with E-state index in [2.05, 4.69) is 21.6 Å². The molecule has 0 spiro atoms. The Bertz CT molecular complexity index is 855. The smallest absolute Gasteiger partial charge is 0.191 e. The molecule has 2 aromatic carbocycles. The van der Waals surface area contributed by atoms with Gasteiger partial charge in [0, 0.05) is 18.7 Å². The van der Waals surface area contributed by atoms with Crippen LogP contribution in [0.3, 0.4) is 0 Å². The van der Waals surface area contributed by atoms with E-state index in [0.29, 0.717) is 19.0 Å². The number of guanidine groups is 1. The molecule has 3 N–H and O–H groups in total. The minimum Gasteiger partial charge on any atom is -0.496 e. The van der Waals surface area contributed by atoms with E-state index >= 15 is 0 Å². The molecule has 0 aromatic heterocycles. The molecule has 0 heterocycles. The molecule has 2 unspecified atom stereocenters. The number of benzene rings is 2. The molecule has 7 nitrogen and oxygen atoms in total. The Kier molecular flexibility index (Phi) is 10.3. The lowest BCUT2D eigenvalue weighted by Crippen LogP contribution is -2.40. The number of likely N-dealkylation sites (N-methyl/N-ethyl adjacent to an activating group) is 1. The van der Waals surface area contributed by atoms with Crippen molar-refractivity contribution < 1.29 is 14.6 Å². The zero-order valence-electron chi connectivity index (χ0n) is 20.1. The molecule has 0 saturated carbocycles. The van der Waals surface area contributed by atoms with Crippen LogP contribution in [-0.4, -0.2) is 62.9 Å². The summed E-state index contributed by atoms with van der Waals surface area (Å²) in [6.45, 7) is 7.57. The summed E-state index contributed by atoms with van der Waals surface area (Å²) in [5, 5.41) is 17.2. The third-order valence-corrected chi connectivity index (χ3v) is 4.97. The summed E-state index contributed by atoms with van der Waals surface area (Å²) in [4.78, 5) is 6.90. The fourth-order valence-electron chi connectivity index (χ4n) is 3.38. The van der Waals surface area contributed by atoms with Gasteiger partial charge in [0.25, 0.3) is 0 Å². The zero-order chi connectivity index (χ0) is 23.5. The molecule has 2 rings (SSSR count). The molecule has 2 aromatic rings. The number of para-hydroxylation sites is 1. The molecule has 7 heteroatoms. The largest absolute Gasteiger partial charge is 0.496 e. The molecule has 0 fully saturated rings. The summed E-state index contributed by atoms with van der Waals surface area (Å²) >= 11 is 0. The van der Waals surface area contributed by atoms with Gasteiger partial charge in [0.05, 0.1) is 31.9 Å². The molecule has 0 bridgehead atoms. The van der Waals surface area contributed by atoms with Gasteiger partial charge in [0.15, 0.2) is 5.96 Å². The second-order valence-electron chi connectivity index (χ2n) is 8.08. The van der Waals surface area contributed by atoms with Gasteiger partial charge in [-0.15, -0.1) is 0 Å². The van der Waals surface area contributed by atoms with E-state index in [9.17, 15) is 5.11 Å². The van der Waals surface area contributed by atoms with E-state index < -0.39 is 6.10 Å². The molecular formula is C25H38N4O3. The number of rotatable bonds is 11. The van der Waals surface area contributed by atoms with Crippen LogP contribution in [0.2, 0.25) is 0 Å². The molecule has 176 valence electrons. The molecule has 0 saturated heterocycles. The van der Waals surface area contributed by atoms with Crippen LogP contribution in [0.1, 0.15) is 44.0 Å². The van der Waals surface area contributed by atoms with Gasteiger partial charge in [0.2, 0.25) is 0 Å². The first-order valence-corrected chi connectivity index (χ1v) is 11.1. The average molecular weight is 443 g/mol. The Morgan fingerprint density at radius 3 is 2.50 bits per heavy atom. The molecule has 0 amide bonds. The standard InChI is InChI=1S/C25H38N4O3/c1-7-26-25(27-16-22(29(4)5)21-13-8-9-14-24(21)31-6)28-17-23(30)19-11-10-12-20(15-19)32-18(2)3/h8-15,18,22-23,30H,7,16-17H2,1-6H3,(H2,26,27,28). The van der Waals surface area contributed by atoms with Gasteiger partial charge in [-0.05, 0) is 58.6 Å². The molecule has 2 atom stereocenters. The molecular weight excluding hydrogens is 404 g/mol. The lowest BCUT2D eigenvalue weighted by atomic mass is 10.0.